The Morgan fingerprint density at radius 2 is 2.18 bits per heavy atom. The van der Waals surface area contributed by atoms with E-state index in [-0.39, 0.29) is 5.91 Å². The van der Waals surface area contributed by atoms with Crippen molar-refractivity contribution >= 4 is 29.5 Å². The van der Waals surface area contributed by atoms with Crippen LogP contribution in [0.2, 0.25) is 0 Å². The van der Waals surface area contributed by atoms with Gasteiger partial charge in [-0.15, -0.1) is 11.6 Å². The highest BCUT2D eigenvalue weighted by Gasteiger charge is 2.12. The molecule has 0 fully saturated rings. The Bertz CT molecular complexity index is 373. The molecular weight excluding hydrogens is 258 g/mol. The molecule has 0 unspecified atom stereocenters. The van der Waals surface area contributed by atoms with Gasteiger partial charge in [-0.05, 0) is 30.5 Å². The summed E-state index contributed by atoms with van der Waals surface area (Å²) in [7, 11) is 3.38. The highest BCUT2D eigenvalue weighted by molar-refractivity contribution is 7.97. The van der Waals surface area contributed by atoms with Crippen LogP contribution in [0.25, 0.3) is 0 Å². The molecule has 0 aromatic heterocycles. The number of nitrogens with zero attached hydrogens (tertiary/aromatic N) is 1. The van der Waals surface area contributed by atoms with Crippen LogP contribution in [-0.4, -0.2) is 30.2 Å². The molecule has 3 nitrogen and oxygen atoms in total. The summed E-state index contributed by atoms with van der Waals surface area (Å²) >= 11 is 6.93. The molecule has 0 aliphatic rings. The first-order chi connectivity index (χ1) is 8.19. The molecule has 0 N–H and O–H groups in total. The van der Waals surface area contributed by atoms with Gasteiger partial charge in [0.1, 0.15) is 5.75 Å². The van der Waals surface area contributed by atoms with Gasteiger partial charge in [0.05, 0.1) is 12.0 Å². The van der Waals surface area contributed by atoms with Crippen molar-refractivity contribution in [2.24, 2.45) is 0 Å². The average molecular weight is 274 g/mol. The Labute approximate surface area is 111 Å². The fourth-order valence-electron chi connectivity index (χ4n) is 1.27. The number of para-hydroxylation sites is 1. The van der Waals surface area contributed by atoms with Gasteiger partial charge in [0.15, 0.2) is 0 Å². The number of alkyl halides is 1. The predicted molar refractivity (Wildman–Crippen MR) is 71.6 cm³/mol. The summed E-state index contributed by atoms with van der Waals surface area (Å²) in [4.78, 5) is 12.6. The largest absolute Gasteiger partial charge is 0.496 e. The van der Waals surface area contributed by atoms with Crippen LogP contribution in [0.3, 0.4) is 0 Å². The lowest BCUT2D eigenvalue weighted by molar-refractivity contribution is -0.125. The van der Waals surface area contributed by atoms with Crippen LogP contribution in [-0.2, 0) is 4.79 Å². The van der Waals surface area contributed by atoms with E-state index in [1.54, 1.807) is 18.5 Å². The minimum atomic E-state index is 0.0709. The quantitative estimate of drug-likeness (QED) is 0.589. The maximum Gasteiger partial charge on any atom is 0.232 e. The van der Waals surface area contributed by atoms with Crippen molar-refractivity contribution in [2.75, 3.05) is 20.0 Å². The maximum atomic E-state index is 11.7. The number of carbonyl (C=O) groups excluding carboxylic acids is 1. The molecule has 0 aliphatic heterocycles. The first-order valence-corrected chi connectivity index (χ1v) is 6.63. The van der Waals surface area contributed by atoms with Crippen molar-refractivity contribution in [3.8, 4) is 5.75 Å². The number of benzene rings is 1. The van der Waals surface area contributed by atoms with Crippen LogP contribution < -0.4 is 4.74 Å². The molecular formula is C12H16ClNO2S. The first-order valence-electron chi connectivity index (χ1n) is 5.32. The van der Waals surface area contributed by atoms with E-state index in [1.807, 2.05) is 24.3 Å². The Morgan fingerprint density at radius 1 is 1.47 bits per heavy atom. The third-order valence-corrected chi connectivity index (χ3v) is 3.46. The number of carbonyl (C=O) groups is 1. The molecule has 1 rings (SSSR count). The third kappa shape index (κ3) is 4.48. The second-order valence-corrected chi connectivity index (χ2v) is 4.97. The standard InChI is InChI=1S/C12H16ClNO2S/c1-14(12(15)8-5-9-13)17-11-7-4-3-6-10(11)16-2/h3-4,6-7H,5,8-9H2,1-2H3. The van der Waals surface area contributed by atoms with E-state index < -0.39 is 0 Å². The Balaban J connectivity index is 2.60. The van der Waals surface area contributed by atoms with Gasteiger partial charge in [-0.2, -0.15) is 0 Å². The third-order valence-electron chi connectivity index (χ3n) is 2.18. The number of rotatable bonds is 6. The van der Waals surface area contributed by atoms with Crippen molar-refractivity contribution in [3.05, 3.63) is 24.3 Å². The predicted octanol–water partition coefficient (Wildman–Crippen LogP) is 3.18. The number of ether oxygens (including phenoxy) is 1. The fraction of sp³-hybridized carbons (Fsp3) is 0.417. The molecule has 0 bridgehead atoms. The van der Waals surface area contributed by atoms with Crippen molar-refractivity contribution in [2.45, 2.75) is 17.7 Å². The lowest BCUT2D eigenvalue weighted by atomic mass is 10.3. The molecule has 0 saturated carbocycles. The van der Waals surface area contributed by atoms with Crippen LogP contribution in [0.15, 0.2) is 29.2 Å². The summed E-state index contributed by atoms with van der Waals surface area (Å²) in [6.07, 6.45) is 1.18. The molecule has 1 aromatic carbocycles. The Morgan fingerprint density at radius 3 is 2.82 bits per heavy atom. The first kappa shape index (κ1) is 14.2. The van der Waals surface area contributed by atoms with Gasteiger partial charge >= 0.3 is 0 Å². The molecule has 0 saturated heterocycles. The highest BCUT2D eigenvalue weighted by Crippen LogP contribution is 2.30. The summed E-state index contributed by atoms with van der Waals surface area (Å²) in [5, 5.41) is 0. The van der Waals surface area contributed by atoms with Gasteiger partial charge in [-0.25, -0.2) is 0 Å². The van der Waals surface area contributed by atoms with E-state index in [9.17, 15) is 4.79 Å². The molecule has 0 aliphatic carbocycles. The number of amides is 1. The zero-order valence-electron chi connectivity index (χ0n) is 9.98. The molecule has 0 heterocycles. The molecule has 94 valence electrons. The molecule has 0 radical (unpaired) electrons. The number of halogens is 1. The summed E-state index contributed by atoms with van der Waals surface area (Å²) < 4.78 is 6.84. The van der Waals surface area contributed by atoms with Crippen LogP contribution in [0.5, 0.6) is 5.75 Å². The second kappa shape index (κ2) is 7.45. The zero-order valence-corrected chi connectivity index (χ0v) is 11.6. The molecule has 17 heavy (non-hydrogen) atoms. The van der Waals surface area contributed by atoms with Gasteiger partial charge in [-0.1, -0.05) is 12.1 Å². The molecule has 5 heteroatoms. The minimum absolute atomic E-state index is 0.0709. The number of methoxy groups -OCH3 is 1. The number of hydrogen-bond acceptors (Lipinski definition) is 3. The summed E-state index contributed by atoms with van der Waals surface area (Å²) in [6.45, 7) is 0. The Kier molecular flexibility index (Phi) is 6.22. The van der Waals surface area contributed by atoms with E-state index in [4.69, 9.17) is 16.3 Å². The summed E-state index contributed by atoms with van der Waals surface area (Å²) in [5.74, 6) is 1.36. The van der Waals surface area contributed by atoms with Crippen LogP contribution in [0.1, 0.15) is 12.8 Å². The highest BCUT2D eigenvalue weighted by atomic mass is 35.5. The normalized spacial score (nSPS) is 10.1. The maximum absolute atomic E-state index is 11.7. The number of hydrogen-bond donors (Lipinski definition) is 0. The van der Waals surface area contributed by atoms with E-state index in [2.05, 4.69) is 0 Å². The van der Waals surface area contributed by atoms with E-state index >= 15 is 0 Å². The molecule has 1 amide bonds. The second-order valence-electron chi connectivity index (χ2n) is 3.43. The molecule has 1 aromatic rings. The van der Waals surface area contributed by atoms with Crippen molar-refractivity contribution in [1.29, 1.82) is 0 Å². The van der Waals surface area contributed by atoms with E-state index in [0.717, 1.165) is 10.6 Å². The zero-order chi connectivity index (χ0) is 12.7. The molecule has 0 spiro atoms. The van der Waals surface area contributed by atoms with Gasteiger partial charge in [0.25, 0.3) is 0 Å². The van der Waals surface area contributed by atoms with Gasteiger partial charge in [-0.3, -0.25) is 9.10 Å². The lowest BCUT2D eigenvalue weighted by Crippen LogP contribution is -2.19. The van der Waals surface area contributed by atoms with Crippen LogP contribution in [0, 0.1) is 0 Å². The van der Waals surface area contributed by atoms with Crippen molar-refractivity contribution < 1.29 is 9.53 Å². The molecule has 0 atom stereocenters. The topological polar surface area (TPSA) is 29.5 Å². The average Bonchev–Trinajstić information content (AvgIpc) is 2.36. The van der Waals surface area contributed by atoms with Crippen molar-refractivity contribution in [3.63, 3.8) is 0 Å². The van der Waals surface area contributed by atoms with Crippen LogP contribution in [0.4, 0.5) is 0 Å². The van der Waals surface area contributed by atoms with Gasteiger partial charge in [0, 0.05) is 19.3 Å². The van der Waals surface area contributed by atoms with E-state index in [1.165, 1.54) is 11.9 Å². The van der Waals surface area contributed by atoms with Gasteiger partial charge < -0.3 is 4.74 Å². The SMILES string of the molecule is COc1ccccc1SN(C)C(=O)CCCCl. The van der Waals surface area contributed by atoms with E-state index in [0.29, 0.717) is 18.7 Å². The summed E-state index contributed by atoms with van der Waals surface area (Å²) in [6, 6.07) is 7.62. The van der Waals surface area contributed by atoms with Gasteiger partial charge in [0.2, 0.25) is 5.91 Å². The summed E-state index contributed by atoms with van der Waals surface area (Å²) in [5.41, 5.74) is 0. The van der Waals surface area contributed by atoms with Crippen molar-refractivity contribution in [1.82, 2.24) is 4.31 Å². The fourth-order valence-corrected chi connectivity index (χ4v) is 2.27. The monoisotopic (exact) mass is 273 g/mol. The Hall–Kier alpha value is -0.870. The smallest absolute Gasteiger partial charge is 0.232 e. The van der Waals surface area contributed by atoms with Crippen LogP contribution >= 0.6 is 23.5 Å². The lowest BCUT2D eigenvalue weighted by Gasteiger charge is -2.17. The minimum Gasteiger partial charge on any atom is -0.496 e.